The summed E-state index contributed by atoms with van der Waals surface area (Å²) in [6.07, 6.45) is -4.65. The first-order valence-electron chi connectivity index (χ1n) is 7.54. The molecule has 2 rings (SSSR count). The minimum absolute atomic E-state index is 0.0871. The number of hydrogen-bond acceptors (Lipinski definition) is 3. The van der Waals surface area contributed by atoms with E-state index in [0.29, 0.717) is 5.56 Å². The Kier molecular flexibility index (Phi) is 6.08. The second kappa shape index (κ2) is 8.10. The highest BCUT2D eigenvalue weighted by atomic mass is 35.5. The lowest BCUT2D eigenvalue weighted by molar-refractivity contribution is -0.137. The van der Waals surface area contributed by atoms with Gasteiger partial charge in [-0.1, -0.05) is 11.6 Å². The molecule has 0 atom stereocenters. The van der Waals surface area contributed by atoms with Crippen LogP contribution in [0.15, 0.2) is 42.5 Å². The van der Waals surface area contributed by atoms with Crippen molar-refractivity contribution in [3.63, 3.8) is 0 Å². The Labute approximate surface area is 158 Å². The molecule has 0 aromatic heterocycles. The van der Waals surface area contributed by atoms with Crippen LogP contribution in [0.5, 0.6) is 0 Å². The average molecular weight is 396 g/mol. The van der Waals surface area contributed by atoms with E-state index in [1.807, 2.05) is 6.07 Å². The molecular weight excluding hydrogens is 383 g/mol. The lowest BCUT2D eigenvalue weighted by atomic mass is 10.1. The number of nitrogens with zero attached hydrogens (tertiary/aromatic N) is 2. The van der Waals surface area contributed by atoms with Gasteiger partial charge in [-0.15, -0.1) is 0 Å². The van der Waals surface area contributed by atoms with Gasteiger partial charge in [-0.25, -0.2) is 0 Å². The molecule has 0 bridgehead atoms. The number of halogens is 4. The summed E-state index contributed by atoms with van der Waals surface area (Å²) in [7, 11) is 1.38. The van der Waals surface area contributed by atoms with E-state index in [2.05, 4.69) is 5.32 Å². The molecule has 0 aliphatic rings. The summed E-state index contributed by atoms with van der Waals surface area (Å²) in [5.41, 5.74) is -0.495. The molecule has 0 aliphatic carbocycles. The molecule has 27 heavy (non-hydrogen) atoms. The van der Waals surface area contributed by atoms with Crippen LogP contribution in [0.1, 0.15) is 21.5 Å². The predicted octanol–water partition coefficient (Wildman–Crippen LogP) is 3.94. The monoisotopic (exact) mass is 395 g/mol. The van der Waals surface area contributed by atoms with Crippen LogP contribution < -0.4 is 5.32 Å². The number of alkyl halides is 3. The van der Waals surface area contributed by atoms with Gasteiger partial charge in [-0.3, -0.25) is 9.59 Å². The van der Waals surface area contributed by atoms with E-state index >= 15 is 0 Å². The number of benzene rings is 2. The van der Waals surface area contributed by atoms with E-state index in [1.165, 1.54) is 37.4 Å². The van der Waals surface area contributed by atoms with Crippen LogP contribution in [0.3, 0.4) is 0 Å². The number of nitrogens with one attached hydrogen (secondary N) is 1. The van der Waals surface area contributed by atoms with Gasteiger partial charge in [0.25, 0.3) is 5.91 Å². The molecule has 9 heteroatoms. The first-order valence-corrected chi connectivity index (χ1v) is 7.92. The highest BCUT2D eigenvalue weighted by Crippen LogP contribution is 2.36. The molecule has 0 fully saturated rings. The van der Waals surface area contributed by atoms with Crippen molar-refractivity contribution in [2.45, 2.75) is 6.18 Å². The molecule has 0 aliphatic heterocycles. The summed E-state index contributed by atoms with van der Waals surface area (Å²) in [6.45, 7) is -0.372. The number of carbonyl (C=O) groups is 2. The van der Waals surface area contributed by atoms with Gasteiger partial charge in [-0.2, -0.15) is 18.4 Å². The fraction of sp³-hybridized carbons (Fsp3) is 0.167. The molecule has 140 valence electrons. The van der Waals surface area contributed by atoms with E-state index in [1.54, 1.807) is 0 Å². The fourth-order valence-corrected chi connectivity index (χ4v) is 2.44. The summed E-state index contributed by atoms with van der Waals surface area (Å²) in [5.74, 6) is -1.14. The summed E-state index contributed by atoms with van der Waals surface area (Å²) in [4.78, 5) is 25.4. The number of nitriles is 1. The van der Waals surface area contributed by atoms with Gasteiger partial charge in [0.2, 0.25) is 5.91 Å². The zero-order valence-electron chi connectivity index (χ0n) is 14.0. The first kappa shape index (κ1) is 20.3. The molecule has 2 amide bonds. The molecule has 2 aromatic carbocycles. The Hall–Kier alpha value is -3.05. The van der Waals surface area contributed by atoms with Gasteiger partial charge in [0, 0.05) is 18.3 Å². The molecule has 0 heterocycles. The van der Waals surface area contributed by atoms with Crippen molar-refractivity contribution in [3.8, 4) is 6.07 Å². The second-order valence-corrected chi connectivity index (χ2v) is 6.00. The topological polar surface area (TPSA) is 73.2 Å². The lowest BCUT2D eigenvalue weighted by Gasteiger charge is -2.17. The number of carbonyl (C=O) groups excluding carboxylic acids is 2. The van der Waals surface area contributed by atoms with Crippen LogP contribution in [0.25, 0.3) is 0 Å². The molecular formula is C18H13ClF3N3O2. The normalized spacial score (nSPS) is 10.8. The van der Waals surface area contributed by atoms with E-state index in [9.17, 15) is 22.8 Å². The third-order valence-electron chi connectivity index (χ3n) is 3.54. The zero-order valence-corrected chi connectivity index (χ0v) is 14.7. The highest BCUT2D eigenvalue weighted by molar-refractivity contribution is 6.31. The number of anilines is 1. The zero-order chi connectivity index (χ0) is 20.2. The minimum Gasteiger partial charge on any atom is -0.332 e. The van der Waals surface area contributed by atoms with Gasteiger partial charge in [0.1, 0.15) is 0 Å². The smallest absolute Gasteiger partial charge is 0.332 e. The molecule has 0 spiro atoms. The number of amides is 2. The van der Waals surface area contributed by atoms with Crippen molar-refractivity contribution in [2.75, 3.05) is 18.9 Å². The van der Waals surface area contributed by atoms with Gasteiger partial charge in [-0.05, 0) is 42.5 Å². The van der Waals surface area contributed by atoms with Crippen molar-refractivity contribution >= 4 is 29.1 Å². The maximum Gasteiger partial charge on any atom is 0.417 e. The van der Waals surface area contributed by atoms with Crippen molar-refractivity contribution < 1.29 is 22.8 Å². The van der Waals surface area contributed by atoms with Crippen molar-refractivity contribution in [1.29, 1.82) is 5.26 Å². The standard InChI is InChI=1S/C18H13ClF3N3O2/c1-25(17(27)12-4-2-11(9-23)3-5-12)10-16(26)24-13-6-7-15(19)14(8-13)18(20,21)22/h2-8H,10H2,1H3,(H,24,26). The van der Waals surface area contributed by atoms with Crippen LogP contribution in [-0.2, 0) is 11.0 Å². The molecule has 0 saturated carbocycles. The maximum atomic E-state index is 12.9. The van der Waals surface area contributed by atoms with E-state index < -0.39 is 28.6 Å². The van der Waals surface area contributed by atoms with Gasteiger partial charge < -0.3 is 10.2 Å². The predicted molar refractivity (Wildman–Crippen MR) is 93.2 cm³/mol. The Bertz CT molecular complexity index is 906. The summed E-state index contributed by atoms with van der Waals surface area (Å²) >= 11 is 5.53. The van der Waals surface area contributed by atoms with Crippen LogP contribution >= 0.6 is 11.6 Å². The van der Waals surface area contributed by atoms with Crippen molar-refractivity contribution in [1.82, 2.24) is 4.90 Å². The molecule has 0 saturated heterocycles. The van der Waals surface area contributed by atoms with Crippen molar-refractivity contribution in [3.05, 3.63) is 64.2 Å². The summed E-state index contributed by atoms with van der Waals surface area (Å²) in [5, 5.41) is 10.6. The third kappa shape index (κ3) is 5.21. The molecule has 0 radical (unpaired) electrons. The SMILES string of the molecule is CN(CC(=O)Nc1ccc(Cl)c(C(F)(F)F)c1)C(=O)c1ccc(C#N)cc1. The number of hydrogen-bond donors (Lipinski definition) is 1. The summed E-state index contributed by atoms with van der Waals surface area (Å²) in [6, 6.07) is 10.7. The van der Waals surface area contributed by atoms with Crippen molar-refractivity contribution in [2.24, 2.45) is 0 Å². The Balaban J connectivity index is 2.04. The van der Waals surface area contributed by atoms with E-state index in [0.717, 1.165) is 17.0 Å². The molecule has 1 N–H and O–H groups in total. The van der Waals surface area contributed by atoms with E-state index in [-0.39, 0.29) is 17.8 Å². The quantitative estimate of drug-likeness (QED) is 0.852. The number of likely N-dealkylation sites (N-methyl/N-ethyl adjacent to an activating group) is 1. The molecule has 2 aromatic rings. The maximum absolute atomic E-state index is 12.9. The van der Waals surface area contributed by atoms with Crippen LogP contribution in [0.2, 0.25) is 5.02 Å². The third-order valence-corrected chi connectivity index (χ3v) is 3.87. The average Bonchev–Trinajstić information content (AvgIpc) is 2.61. The van der Waals surface area contributed by atoms with Crippen LogP contribution in [0.4, 0.5) is 18.9 Å². The lowest BCUT2D eigenvalue weighted by Crippen LogP contribution is -2.35. The minimum atomic E-state index is -4.65. The second-order valence-electron chi connectivity index (χ2n) is 5.59. The Morgan fingerprint density at radius 3 is 2.37 bits per heavy atom. The fourth-order valence-electron chi connectivity index (χ4n) is 2.22. The molecule has 5 nitrogen and oxygen atoms in total. The van der Waals surface area contributed by atoms with Gasteiger partial charge in [0.05, 0.1) is 28.8 Å². The Morgan fingerprint density at radius 2 is 1.81 bits per heavy atom. The van der Waals surface area contributed by atoms with Gasteiger partial charge in [0.15, 0.2) is 0 Å². The van der Waals surface area contributed by atoms with E-state index in [4.69, 9.17) is 16.9 Å². The number of rotatable bonds is 4. The Morgan fingerprint density at radius 1 is 1.19 bits per heavy atom. The van der Waals surface area contributed by atoms with Crippen LogP contribution in [0, 0.1) is 11.3 Å². The van der Waals surface area contributed by atoms with Crippen LogP contribution in [-0.4, -0.2) is 30.3 Å². The highest BCUT2D eigenvalue weighted by Gasteiger charge is 2.33. The first-order chi connectivity index (χ1) is 12.6. The largest absolute Gasteiger partial charge is 0.417 e. The van der Waals surface area contributed by atoms with Gasteiger partial charge >= 0.3 is 6.18 Å². The summed E-state index contributed by atoms with van der Waals surface area (Å²) < 4.78 is 38.6. The molecule has 0 unspecified atom stereocenters.